The molecule has 0 aromatic heterocycles. The van der Waals surface area contributed by atoms with Crippen LogP contribution in [0, 0.1) is 11.7 Å². The standard InChI is InChI=1S/C20H22FNO2/c1-23-16-10-9-14-18(20(16)24-2)17(12-6-3-4-8-15(12)21)13-7-5-11-22-19(13)14/h3-4,6,8-10,13,17,19,22H,5,7,11H2,1-2H3. The van der Waals surface area contributed by atoms with Gasteiger partial charge in [-0.1, -0.05) is 24.3 Å². The van der Waals surface area contributed by atoms with Gasteiger partial charge in [0.05, 0.1) is 14.2 Å². The SMILES string of the molecule is COc1ccc2c(c1OC)C(c1ccccc1F)C1CCCNC21. The van der Waals surface area contributed by atoms with E-state index in [-0.39, 0.29) is 17.8 Å². The first kappa shape index (κ1) is 15.5. The van der Waals surface area contributed by atoms with Crippen LogP contribution in [0.25, 0.3) is 0 Å². The van der Waals surface area contributed by atoms with E-state index in [0.29, 0.717) is 11.7 Å². The van der Waals surface area contributed by atoms with Gasteiger partial charge in [-0.25, -0.2) is 4.39 Å². The van der Waals surface area contributed by atoms with Crippen molar-refractivity contribution in [3.05, 3.63) is 58.9 Å². The highest BCUT2D eigenvalue weighted by atomic mass is 19.1. The summed E-state index contributed by atoms with van der Waals surface area (Å²) in [5.41, 5.74) is 3.04. The maximum Gasteiger partial charge on any atom is 0.164 e. The molecule has 4 rings (SSSR count). The number of nitrogens with one attached hydrogen (secondary N) is 1. The van der Waals surface area contributed by atoms with Crippen molar-refractivity contribution in [2.24, 2.45) is 5.92 Å². The van der Waals surface area contributed by atoms with Crippen molar-refractivity contribution in [2.45, 2.75) is 24.8 Å². The van der Waals surface area contributed by atoms with Gasteiger partial charge in [-0.05, 0) is 48.6 Å². The Bertz CT molecular complexity index is 761. The number of piperidine rings is 1. The van der Waals surface area contributed by atoms with E-state index < -0.39 is 0 Å². The van der Waals surface area contributed by atoms with Gasteiger partial charge >= 0.3 is 0 Å². The Hall–Kier alpha value is -2.07. The monoisotopic (exact) mass is 327 g/mol. The van der Waals surface area contributed by atoms with E-state index in [1.54, 1.807) is 26.4 Å². The van der Waals surface area contributed by atoms with Crippen LogP contribution in [0.5, 0.6) is 11.5 Å². The highest BCUT2D eigenvalue weighted by Crippen LogP contribution is 2.56. The number of fused-ring (bicyclic) bond motifs is 3. The smallest absolute Gasteiger partial charge is 0.164 e. The third kappa shape index (κ3) is 2.20. The number of methoxy groups -OCH3 is 2. The van der Waals surface area contributed by atoms with Gasteiger partial charge in [0.15, 0.2) is 11.5 Å². The Balaban J connectivity index is 1.95. The second-order valence-electron chi connectivity index (χ2n) is 6.54. The molecule has 3 nitrogen and oxygen atoms in total. The Morgan fingerprint density at radius 3 is 2.62 bits per heavy atom. The van der Waals surface area contributed by atoms with Crippen molar-refractivity contribution in [2.75, 3.05) is 20.8 Å². The summed E-state index contributed by atoms with van der Waals surface area (Å²) in [5, 5.41) is 3.63. The van der Waals surface area contributed by atoms with Crippen LogP contribution in [0.2, 0.25) is 0 Å². The molecular weight excluding hydrogens is 305 g/mol. The molecule has 126 valence electrons. The summed E-state index contributed by atoms with van der Waals surface area (Å²) in [4.78, 5) is 0. The van der Waals surface area contributed by atoms with Gasteiger partial charge in [-0.3, -0.25) is 0 Å². The quantitative estimate of drug-likeness (QED) is 0.923. The molecule has 3 unspecified atom stereocenters. The highest BCUT2D eigenvalue weighted by Gasteiger charge is 2.45. The Morgan fingerprint density at radius 2 is 1.88 bits per heavy atom. The van der Waals surface area contributed by atoms with Gasteiger partial charge in [0.2, 0.25) is 0 Å². The largest absolute Gasteiger partial charge is 0.493 e. The lowest BCUT2D eigenvalue weighted by molar-refractivity contribution is 0.282. The van der Waals surface area contributed by atoms with E-state index in [9.17, 15) is 4.39 Å². The molecule has 1 fully saturated rings. The molecule has 24 heavy (non-hydrogen) atoms. The lowest BCUT2D eigenvalue weighted by Gasteiger charge is -2.31. The van der Waals surface area contributed by atoms with Crippen molar-refractivity contribution < 1.29 is 13.9 Å². The summed E-state index contributed by atoms with van der Waals surface area (Å²) < 4.78 is 25.8. The highest BCUT2D eigenvalue weighted by molar-refractivity contribution is 5.59. The predicted octanol–water partition coefficient (Wildman–Crippen LogP) is 4.03. The van der Waals surface area contributed by atoms with Gasteiger partial charge in [-0.2, -0.15) is 0 Å². The average molecular weight is 327 g/mol. The van der Waals surface area contributed by atoms with E-state index in [2.05, 4.69) is 11.4 Å². The minimum atomic E-state index is -0.149. The van der Waals surface area contributed by atoms with Crippen molar-refractivity contribution >= 4 is 0 Å². The van der Waals surface area contributed by atoms with Crippen molar-refractivity contribution in [3.8, 4) is 11.5 Å². The minimum absolute atomic E-state index is 0.0101. The number of ether oxygens (including phenoxy) is 2. The number of halogens is 1. The number of hydrogen-bond donors (Lipinski definition) is 1. The summed E-state index contributed by atoms with van der Waals surface area (Å²) in [6, 6.07) is 11.4. The fraction of sp³-hybridized carbons (Fsp3) is 0.400. The lowest BCUT2D eigenvalue weighted by Crippen LogP contribution is -2.33. The molecule has 2 aliphatic rings. The van der Waals surface area contributed by atoms with Crippen molar-refractivity contribution in [3.63, 3.8) is 0 Å². The number of benzene rings is 2. The van der Waals surface area contributed by atoms with Crippen LogP contribution in [0.15, 0.2) is 36.4 Å². The average Bonchev–Trinajstić information content (AvgIpc) is 2.96. The molecule has 2 aromatic rings. The maximum absolute atomic E-state index is 14.6. The summed E-state index contributed by atoms with van der Waals surface area (Å²) in [6.45, 7) is 0.999. The second kappa shape index (κ2) is 6.10. The number of hydrogen-bond acceptors (Lipinski definition) is 3. The first-order valence-electron chi connectivity index (χ1n) is 8.48. The molecule has 0 spiro atoms. The van der Waals surface area contributed by atoms with Crippen LogP contribution >= 0.6 is 0 Å². The van der Waals surface area contributed by atoms with E-state index in [4.69, 9.17) is 9.47 Å². The summed E-state index contributed by atoms with van der Waals surface area (Å²) in [6.07, 6.45) is 2.19. The fourth-order valence-electron chi connectivity index (χ4n) is 4.50. The molecule has 3 atom stereocenters. The van der Waals surface area contributed by atoms with Crippen molar-refractivity contribution in [1.82, 2.24) is 5.32 Å². The zero-order chi connectivity index (χ0) is 16.7. The van der Waals surface area contributed by atoms with E-state index >= 15 is 0 Å². The van der Waals surface area contributed by atoms with Crippen LogP contribution in [-0.2, 0) is 0 Å². The van der Waals surface area contributed by atoms with Gasteiger partial charge < -0.3 is 14.8 Å². The molecule has 2 aromatic carbocycles. The molecule has 0 amide bonds. The van der Waals surface area contributed by atoms with Crippen LogP contribution in [-0.4, -0.2) is 20.8 Å². The zero-order valence-electron chi connectivity index (χ0n) is 14.0. The maximum atomic E-state index is 14.6. The Morgan fingerprint density at radius 1 is 1.04 bits per heavy atom. The third-order valence-corrected chi connectivity index (χ3v) is 5.44. The normalized spacial score (nSPS) is 25.0. The summed E-state index contributed by atoms with van der Waals surface area (Å²) in [5.74, 6) is 1.62. The molecule has 0 saturated carbocycles. The van der Waals surface area contributed by atoms with Crippen LogP contribution in [0.3, 0.4) is 0 Å². The molecule has 1 aliphatic carbocycles. The van der Waals surface area contributed by atoms with E-state index in [1.165, 1.54) is 5.56 Å². The molecule has 1 aliphatic heterocycles. The minimum Gasteiger partial charge on any atom is -0.493 e. The Labute approximate surface area is 141 Å². The van der Waals surface area contributed by atoms with E-state index in [0.717, 1.165) is 36.3 Å². The molecule has 0 bridgehead atoms. The molecule has 1 heterocycles. The molecule has 1 N–H and O–H groups in total. The van der Waals surface area contributed by atoms with Crippen molar-refractivity contribution in [1.29, 1.82) is 0 Å². The number of rotatable bonds is 3. The van der Waals surface area contributed by atoms with Crippen LogP contribution in [0.1, 0.15) is 41.5 Å². The van der Waals surface area contributed by atoms with Gasteiger partial charge in [0.25, 0.3) is 0 Å². The fourth-order valence-corrected chi connectivity index (χ4v) is 4.50. The zero-order valence-corrected chi connectivity index (χ0v) is 14.0. The first-order chi connectivity index (χ1) is 11.8. The summed E-state index contributed by atoms with van der Waals surface area (Å²) in [7, 11) is 3.30. The van der Waals surface area contributed by atoms with Gasteiger partial charge in [0.1, 0.15) is 5.82 Å². The lowest BCUT2D eigenvalue weighted by atomic mass is 9.80. The topological polar surface area (TPSA) is 30.5 Å². The van der Waals surface area contributed by atoms with Crippen LogP contribution in [0.4, 0.5) is 4.39 Å². The van der Waals surface area contributed by atoms with Gasteiger partial charge in [0, 0.05) is 17.5 Å². The second-order valence-corrected chi connectivity index (χ2v) is 6.54. The Kier molecular flexibility index (Phi) is 3.93. The van der Waals surface area contributed by atoms with Gasteiger partial charge in [-0.15, -0.1) is 0 Å². The molecule has 0 radical (unpaired) electrons. The third-order valence-electron chi connectivity index (χ3n) is 5.44. The molecular formula is C20H22FNO2. The predicted molar refractivity (Wildman–Crippen MR) is 91.3 cm³/mol. The molecule has 1 saturated heterocycles. The first-order valence-corrected chi connectivity index (χ1v) is 8.48. The summed E-state index contributed by atoms with van der Waals surface area (Å²) >= 11 is 0. The van der Waals surface area contributed by atoms with E-state index in [1.807, 2.05) is 18.2 Å². The molecule has 4 heteroatoms. The van der Waals surface area contributed by atoms with Crippen LogP contribution < -0.4 is 14.8 Å².